The molecular formula is C10H6F3N2O. The first kappa shape index (κ1) is 10.5. The van der Waals surface area contributed by atoms with Crippen LogP contribution in [0.3, 0.4) is 0 Å². The molecule has 0 saturated heterocycles. The van der Waals surface area contributed by atoms with Crippen LogP contribution in [0.1, 0.15) is 5.56 Å². The van der Waals surface area contributed by atoms with Crippen molar-refractivity contribution in [2.24, 2.45) is 5.10 Å². The van der Waals surface area contributed by atoms with E-state index in [1.165, 1.54) is 36.7 Å². The molecule has 83 valence electrons. The highest BCUT2D eigenvalue weighted by molar-refractivity contribution is 6.10. The van der Waals surface area contributed by atoms with Crippen LogP contribution in [-0.2, 0) is 0 Å². The molecule has 0 atom stereocenters. The second-order valence-electron chi connectivity index (χ2n) is 3.02. The summed E-state index contributed by atoms with van der Waals surface area (Å²) in [4.78, 5) is 0. The number of hydrogen-bond acceptors (Lipinski definition) is 2. The van der Waals surface area contributed by atoms with E-state index < -0.39 is 6.36 Å². The minimum atomic E-state index is -4.66. The van der Waals surface area contributed by atoms with Crippen LogP contribution in [0.15, 0.2) is 35.6 Å². The van der Waals surface area contributed by atoms with Crippen molar-refractivity contribution >= 4 is 11.8 Å². The molecule has 2 rings (SSSR count). The van der Waals surface area contributed by atoms with Crippen LogP contribution in [0.2, 0.25) is 0 Å². The molecule has 0 fully saturated rings. The van der Waals surface area contributed by atoms with E-state index in [1.807, 2.05) is 0 Å². The normalized spacial score (nSPS) is 14.6. The number of allylic oxidation sites excluding steroid dienone is 1. The second kappa shape index (κ2) is 3.88. The average molecular weight is 227 g/mol. The first-order chi connectivity index (χ1) is 7.54. The second-order valence-corrected chi connectivity index (χ2v) is 3.02. The van der Waals surface area contributed by atoms with Crippen LogP contribution in [0.4, 0.5) is 13.2 Å². The predicted molar refractivity (Wildman–Crippen MR) is 51.7 cm³/mol. The van der Waals surface area contributed by atoms with Gasteiger partial charge in [-0.3, -0.25) is 0 Å². The summed E-state index contributed by atoms with van der Waals surface area (Å²) in [6.07, 6.45) is -1.61. The van der Waals surface area contributed by atoms with Crippen molar-refractivity contribution in [3.05, 3.63) is 36.0 Å². The van der Waals surface area contributed by atoms with Crippen molar-refractivity contribution in [1.82, 2.24) is 5.43 Å². The third-order valence-electron chi connectivity index (χ3n) is 1.88. The summed E-state index contributed by atoms with van der Waals surface area (Å²) in [5.41, 5.74) is 5.10. The zero-order valence-corrected chi connectivity index (χ0v) is 7.90. The van der Waals surface area contributed by atoms with Crippen LogP contribution < -0.4 is 10.2 Å². The molecule has 0 saturated carbocycles. The molecule has 0 unspecified atom stereocenters. The first-order valence-electron chi connectivity index (χ1n) is 4.34. The fraction of sp³-hybridized carbons (Fsp3) is 0.100. The Morgan fingerprint density at radius 2 is 1.75 bits per heavy atom. The Kier molecular flexibility index (Phi) is 2.55. The van der Waals surface area contributed by atoms with Gasteiger partial charge in [-0.25, -0.2) is 0 Å². The summed E-state index contributed by atoms with van der Waals surface area (Å²) in [5, 5.41) is 3.62. The Morgan fingerprint density at radius 1 is 1.06 bits per heavy atom. The van der Waals surface area contributed by atoms with Crippen LogP contribution in [0, 0.1) is 0 Å². The van der Waals surface area contributed by atoms with Gasteiger partial charge in [0.25, 0.3) is 0 Å². The van der Waals surface area contributed by atoms with E-state index in [-0.39, 0.29) is 5.75 Å². The Bertz CT molecular complexity index is 434. The fourth-order valence-corrected chi connectivity index (χ4v) is 1.22. The number of ether oxygens (including phenoxy) is 1. The lowest BCUT2D eigenvalue weighted by molar-refractivity contribution is -0.274. The topological polar surface area (TPSA) is 35.7 Å². The molecular weight excluding hydrogens is 221 g/mol. The van der Waals surface area contributed by atoms with Crippen molar-refractivity contribution in [2.75, 3.05) is 0 Å². The van der Waals surface area contributed by atoms with Gasteiger partial charge < -0.3 is 4.74 Å². The van der Waals surface area contributed by atoms with Gasteiger partial charge in [-0.05, 0) is 17.7 Å². The van der Waals surface area contributed by atoms with Crippen LogP contribution in [0.5, 0.6) is 5.75 Å². The summed E-state index contributed by atoms with van der Waals surface area (Å²) in [6, 6.07) is 5.52. The van der Waals surface area contributed by atoms with E-state index in [9.17, 15) is 13.2 Å². The highest BCUT2D eigenvalue weighted by atomic mass is 19.4. The molecule has 0 amide bonds. The predicted octanol–water partition coefficient (Wildman–Crippen LogP) is 2.53. The van der Waals surface area contributed by atoms with E-state index >= 15 is 0 Å². The maximum atomic E-state index is 11.9. The van der Waals surface area contributed by atoms with Gasteiger partial charge in [0.15, 0.2) is 0 Å². The number of halogens is 3. The van der Waals surface area contributed by atoms with Crippen molar-refractivity contribution in [3.8, 4) is 5.75 Å². The maximum Gasteiger partial charge on any atom is 0.573 e. The fourth-order valence-electron chi connectivity index (χ4n) is 1.22. The molecule has 1 aliphatic rings. The number of benzene rings is 1. The Morgan fingerprint density at radius 3 is 2.25 bits per heavy atom. The lowest BCUT2D eigenvalue weighted by Gasteiger charge is -2.08. The largest absolute Gasteiger partial charge is 0.573 e. The first-order valence-corrected chi connectivity index (χ1v) is 4.34. The lowest BCUT2D eigenvalue weighted by atomic mass is 10.1. The molecule has 1 heterocycles. The lowest BCUT2D eigenvalue weighted by Crippen LogP contribution is -2.16. The molecule has 0 spiro atoms. The van der Waals surface area contributed by atoms with E-state index in [0.29, 0.717) is 0 Å². The van der Waals surface area contributed by atoms with Gasteiger partial charge in [0.1, 0.15) is 5.75 Å². The van der Waals surface area contributed by atoms with Gasteiger partial charge in [-0.2, -0.15) is 10.5 Å². The summed E-state index contributed by atoms with van der Waals surface area (Å²) >= 11 is 0. The van der Waals surface area contributed by atoms with Gasteiger partial charge in [0.05, 0.1) is 12.4 Å². The van der Waals surface area contributed by atoms with Crippen molar-refractivity contribution in [2.45, 2.75) is 6.36 Å². The summed E-state index contributed by atoms with van der Waals surface area (Å²) in [7, 11) is 0. The third-order valence-corrected chi connectivity index (χ3v) is 1.88. The minimum absolute atomic E-state index is 0.247. The van der Waals surface area contributed by atoms with Crippen LogP contribution in [0.25, 0.3) is 5.57 Å². The number of alkyl halides is 3. The zero-order valence-electron chi connectivity index (χ0n) is 7.90. The molecule has 1 aliphatic heterocycles. The van der Waals surface area contributed by atoms with Gasteiger partial charge in [-0.15, -0.1) is 13.2 Å². The minimum Gasteiger partial charge on any atom is -0.406 e. The Balaban J connectivity index is 2.13. The molecule has 0 aromatic heterocycles. The number of rotatable bonds is 2. The van der Waals surface area contributed by atoms with E-state index in [0.717, 1.165) is 11.1 Å². The Hall–Kier alpha value is -1.98. The van der Waals surface area contributed by atoms with Crippen LogP contribution in [-0.4, -0.2) is 12.6 Å². The summed E-state index contributed by atoms with van der Waals surface area (Å²) < 4.78 is 39.4. The zero-order chi connectivity index (χ0) is 11.6. The van der Waals surface area contributed by atoms with Gasteiger partial charge >= 0.3 is 6.36 Å². The highest BCUT2D eigenvalue weighted by Gasteiger charge is 2.30. The van der Waals surface area contributed by atoms with Crippen LogP contribution >= 0.6 is 0 Å². The van der Waals surface area contributed by atoms with Crippen molar-refractivity contribution < 1.29 is 17.9 Å². The molecule has 1 aromatic carbocycles. The highest BCUT2D eigenvalue weighted by Crippen LogP contribution is 2.24. The standard InChI is InChI=1S/C10H6F3N2O/c11-10(12,13)16-9-3-1-7(2-4-9)8-5-14-15-6-8/h1-6H. The molecule has 3 nitrogen and oxygen atoms in total. The van der Waals surface area contributed by atoms with Gasteiger partial charge in [0.2, 0.25) is 0 Å². The molecule has 16 heavy (non-hydrogen) atoms. The summed E-state index contributed by atoms with van der Waals surface area (Å²) in [6.45, 7) is 0. The SMILES string of the molecule is FC(F)(F)Oc1ccc(C2=C[N]N=C2)cc1. The number of hydrogen-bond donors (Lipinski definition) is 0. The Labute approximate surface area is 89.2 Å². The molecule has 0 aliphatic carbocycles. The average Bonchev–Trinajstić information content (AvgIpc) is 2.69. The maximum absolute atomic E-state index is 11.9. The quantitative estimate of drug-likeness (QED) is 0.764. The molecule has 1 aromatic rings. The third kappa shape index (κ3) is 2.53. The molecule has 0 N–H and O–H groups in total. The van der Waals surface area contributed by atoms with Gasteiger partial charge in [-0.1, -0.05) is 12.1 Å². The van der Waals surface area contributed by atoms with E-state index in [4.69, 9.17) is 0 Å². The van der Waals surface area contributed by atoms with Crippen molar-refractivity contribution in [1.29, 1.82) is 0 Å². The van der Waals surface area contributed by atoms with E-state index in [2.05, 4.69) is 15.3 Å². The summed E-state index contributed by atoms with van der Waals surface area (Å²) in [5.74, 6) is -0.247. The monoisotopic (exact) mass is 227 g/mol. The number of nitrogens with zero attached hydrogens (tertiary/aromatic N) is 2. The van der Waals surface area contributed by atoms with E-state index in [1.54, 1.807) is 0 Å². The molecule has 1 radical (unpaired) electrons. The molecule has 0 bridgehead atoms. The molecule has 6 heteroatoms. The van der Waals surface area contributed by atoms with Crippen molar-refractivity contribution in [3.63, 3.8) is 0 Å². The van der Waals surface area contributed by atoms with Gasteiger partial charge in [0, 0.05) is 5.57 Å². The smallest absolute Gasteiger partial charge is 0.406 e.